The second-order valence-corrected chi connectivity index (χ2v) is 5.90. The molecule has 0 spiro atoms. The Morgan fingerprint density at radius 3 is 2.33 bits per heavy atom. The summed E-state index contributed by atoms with van der Waals surface area (Å²) in [6.07, 6.45) is -0.856. The summed E-state index contributed by atoms with van der Waals surface area (Å²) in [7, 11) is 0. The zero-order valence-electron chi connectivity index (χ0n) is 14.1. The molecule has 4 nitrogen and oxygen atoms in total. The number of rotatable bonds is 6. The molecule has 0 aliphatic heterocycles. The Bertz CT molecular complexity index is 690. The fourth-order valence-electron chi connectivity index (χ4n) is 2.62. The van der Waals surface area contributed by atoms with Gasteiger partial charge in [0.1, 0.15) is 24.3 Å². The number of benzene rings is 2. The van der Waals surface area contributed by atoms with Crippen LogP contribution in [0.5, 0.6) is 5.75 Å². The largest absolute Gasteiger partial charge is 0.491 e. The quantitative estimate of drug-likeness (QED) is 0.856. The van der Waals surface area contributed by atoms with Crippen LogP contribution in [0, 0.1) is 26.6 Å². The maximum atomic E-state index is 12.8. The number of ether oxygens (including phenoxy) is 1. The van der Waals surface area contributed by atoms with E-state index < -0.39 is 6.10 Å². The Morgan fingerprint density at radius 2 is 1.75 bits per heavy atom. The molecular formula is C19H22FNO3. The van der Waals surface area contributed by atoms with E-state index in [1.54, 1.807) is 0 Å². The van der Waals surface area contributed by atoms with Crippen LogP contribution in [0.4, 0.5) is 4.39 Å². The van der Waals surface area contributed by atoms with Crippen LogP contribution >= 0.6 is 0 Å². The number of hydrogen-bond donors (Lipinski definition) is 2. The van der Waals surface area contributed by atoms with Gasteiger partial charge in [0.15, 0.2) is 0 Å². The topological polar surface area (TPSA) is 58.6 Å². The van der Waals surface area contributed by atoms with Crippen molar-refractivity contribution >= 4 is 5.91 Å². The molecule has 0 bridgehead atoms. The third kappa shape index (κ3) is 4.80. The van der Waals surface area contributed by atoms with Crippen molar-refractivity contribution in [1.82, 2.24) is 5.32 Å². The summed E-state index contributed by atoms with van der Waals surface area (Å²) in [5, 5.41) is 12.6. The third-order valence-electron chi connectivity index (χ3n) is 3.66. The van der Waals surface area contributed by atoms with Gasteiger partial charge in [-0.2, -0.15) is 0 Å². The van der Waals surface area contributed by atoms with Crippen LogP contribution in [0.2, 0.25) is 0 Å². The highest BCUT2D eigenvalue weighted by molar-refractivity contribution is 5.97. The molecule has 2 aromatic rings. The molecule has 2 N–H and O–H groups in total. The number of halogens is 1. The van der Waals surface area contributed by atoms with Crippen LogP contribution in [-0.2, 0) is 0 Å². The fraction of sp³-hybridized carbons (Fsp3) is 0.316. The molecule has 1 unspecified atom stereocenters. The van der Waals surface area contributed by atoms with Gasteiger partial charge in [-0.1, -0.05) is 17.7 Å². The third-order valence-corrected chi connectivity index (χ3v) is 3.66. The van der Waals surface area contributed by atoms with Crippen molar-refractivity contribution in [3.63, 3.8) is 0 Å². The van der Waals surface area contributed by atoms with Gasteiger partial charge in [0.25, 0.3) is 5.91 Å². The van der Waals surface area contributed by atoms with Crippen molar-refractivity contribution in [2.24, 2.45) is 0 Å². The number of aliphatic hydroxyl groups excluding tert-OH is 1. The SMILES string of the molecule is Cc1cc(C)c(C(=O)NCC(O)COc2ccc(F)cc2)c(C)c1. The normalized spacial score (nSPS) is 11.9. The van der Waals surface area contributed by atoms with Gasteiger partial charge in [-0.15, -0.1) is 0 Å². The average Bonchev–Trinajstić information content (AvgIpc) is 2.51. The lowest BCUT2D eigenvalue weighted by molar-refractivity contribution is 0.0842. The Morgan fingerprint density at radius 1 is 1.17 bits per heavy atom. The Labute approximate surface area is 141 Å². The maximum absolute atomic E-state index is 12.8. The van der Waals surface area contributed by atoms with Crippen molar-refractivity contribution in [2.45, 2.75) is 26.9 Å². The van der Waals surface area contributed by atoms with Crippen LogP contribution in [0.3, 0.4) is 0 Å². The number of nitrogens with one attached hydrogen (secondary N) is 1. The van der Waals surface area contributed by atoms with Crippen molar-refractivity contribution < 1.29 is 19.0 Å². The van der Waals surface area contributed by atoms with Gasteiger partial charge in [0, 0.05) is 12.1 Å². The average molecular weight is 331 g/mol. The molecule has 5 heteroatoms. The molecule has 0 saturated heterocycles. The van der Waals surface area contributed by atoms with E-state index in [-0.39, 0.29) is 24.9 Å². The summed E-state index contributed by atoms with van der Waals surface area (Å²) >= 11 is 0. The summed E-state index contributed by atoms with van der Waals surface area (Å²) in [5.74, 6) is -0.100. The molecule has 0 heterocycles. The molecular weight excluding hydrogens is 309 g/mol. The molecule has 0 saturated carbocycles. The van der Waals surface area contributed by atoms with E-state index in [0.29, 0.717) is 11.3 Å². The molecule has 2 aromatic carbocycles. The maximum Gasteiger partial charge on any atom is 0.251 e. The summed E-state index contributed by atoms with van der Waals surface area (Å²) in [5.41, 5.74) is 3.55. The Kier molecular flexibility index (Phi) is 5.93. The summed E-state index contributed by atoms with van der Waals surface area (Å²) in [4.78, 5) is 12.3. The summed E-state index contributed by atoms with van der Waals surface area (Å²) in [6.45, 7) is 5.86. The van der Waals surface area contributed by atoms with Crippen molar-refractivity contribution in [2.75, 3.05) is 13.2 Å². The molecule has 128 valence electrons. The predicted molar refractivity (Wildman–Crippen MR) is 90.9 cm³/mol. The monoisotopic (exact) mass is 331 g/mol. The first-order valence-corrected chi connectivity index (χ1v) is 7.79. The van der Waals surface area contributed by atoms with E-state index in [4.69, 9.17) is 4.74 Å². The molecule has 0 fully saturated rings. The van der Waals surface area contributed by atoms with Crippen LogP contribution in [0.15, 0.2) is 36.4 Å². The van der Waals surface area contributed by atoms with Crippen LogP contribution in [-0.4, -0.2) is 30.3 Å². The molecule has 1 amide bonds. The van der Waals surface area contributed by atoms with Gasteiger partial charge in [-0.25, -0.2) is 4.39 Å². The zero-order chi connectivity index (χ0) is 17.7. The van der Waals surface area contributed by atoms with E-state index >= 15 is 0 Å². The summed E-state index contributed by atoms with van der Waals surface area (Å²) in [6, 6.07) is 9.45. The van der Waals surface area contributed by atoms with Crippen molar-refractivity contribution in [3.8, 4) is 5.75 Å². The second-order valence-electron chi connectivity index (χ2n) is 5.90. The van der Waals surface area contributed by atoms with Gasteiger partial charge in [0.05, 0.1) is 0 Å². The van der Waals surface area contributed by atoms with Crippen molar-refractivity contribution in [1.29, 1.82) is 0 Å². The number of aryl methyl sites for hydroxylation is 3. The zero-order valence-corrected chi connectivity index (χ0v) is 14.1. The van der Waals surface area contributed by atoms with Gasteiger partial charge in [-0.3, -0.25) is 4.79 Å². The lowest BCUT2D eigenvalue weighted by Crippen LogP contribution is -2.35. The van der Waals surface area contributed by atoms with Crippen molar-refractivity contribution in [3.05, 3.63) is 64.5 Å². The molecule has 0 aromatic heterocycles. The number of carbonyl (C=O) groups is 1. The van der Waals surface area contributed by atoms with Gasteiger partial charge in [-0.05, 0) is 56.2 Å². The Balaban J connectivity index is 1.86. The highest BCUT2D eigenvalue weighted by atomic mass is 19.1. The van der Waals surface area contributed by atoms with Crippen LogP contribution < -0.4 is 10.1 Å². The van der Waals surface area contributed by atoms with E-state index in [1.807, 2.05) is 32.9 Å². The fourth-order valence-corrected chi connectivity index (χ4v) is 2.62. The first-order chi connectivity index (χ1) is 11.4. The highest BCUT2D eigenvalue weighted by Crippen LogP contribution is 2.16. The first kappa shape index (κ1) is 17.9. The summed E-state index contributed by atoms with van der Waals surface area (Å²) < 4.78 is 18.2. The van der Waals surface area contributed by atoms with E-state index in [2.05, 4.69) is 5.32 Å². The highest BCUT2D eigenvalue weighted by Gasteiger charge is 2.14. The lowest BCUT2D eigenvalue weighted by atomic mass is 9.99. The smallest absolute Gasteiger partial charge is 0.251 e. The number of carbonyl (C=O) groups excluding carboxylic acids is 1. The Hall–Kier alpha value is -2.40. The van der Waals surface area contributed by atoms with Gasteiger partial charge >= 0.3 is 0 Å². The molecule has 0 radical (unpaired) electrons. The van der Waals surface area contributed by atoms with Gasteiger partial charge < -0.3 is 15.2 Å². The molecule has 0 aliphatic carbocycles. The number of aliphatic hydroxyl groups is 1. The van der Waals surface area contributed by atoms with Gasteiger partial charge in [0.2, 0.25) is 0 Å². The first-order valence-electron chi connectivity index (χ1n) is 7.79. The number of amides is 1. The van der Waals surface area contributed by atoms with Crippen LogP contribution in [0.25, 0.3) is 0 Å². The minimum Gasteiger partial charge on any atom is -0.491 e. The predicted octanol–water partition coefficient (Wildman–Crippen LogP) is 2.92. The van der Waals surface area contributed by atoms with E-state index in [1.165, 1.54) is 24.3 Å². The van der Waals surface area contributed by atoms with E-state index in [0.717, 1.165) is 16.7 Å². The number of hydrogen-bond acceptors (Lipinski definition) is 3. The van der Waals surface area contributed by atoms with E-state index in [9.17, 15) is 14.3 Å². The molecule has 1 atom stereocenters. The lowest BCUT2D eigenvalue weighted by Gasteiger charge is -2.15. The standard InChI is InChI=1S/C19H22FNO3/c1-12-8-13(2)18(14(3)9-12)19(23)21-10-16(22)11-24-17-6-4-15(20)5-7-17/h4-9,16,22H,10-11H2,1-3H3,(H,21,23). The molecule has 0 aliphatic rings. The molecule has 24 heavy (non-hydrogen) atoms. The molecule has 2 rings (SSSR count). The van der Waals surface area contributed by atoms with Crippen LogP contribution in [0.1, 0.15) is 27.0 Å². The minimum atomic E-state index is -0.856. The second kappa shape index (κ2) is 7.93. The minimum absolute atomic E-state index is 0.0117.